The second kappa shape index (κ2) is 6.56. The molecule has 3 amide bonds. The number of fused-ring (bicyclic) bond motifs is 7. The van der Waals surface area contributed by atoms with E-state index in [9.17, 15) is 14.4 Å². The summed E-state index contributed by atoms with van der Waals surface area (Å²) < 4.78 is 0. The summed E-state index contributed by atoms with van der Waals surface area (Å²) in [6.07, 6.45) is 1.64. The molecule has 4 aliphatic rings. The van der Waals surface area contributed by atoms with E-state index in [0.717, 1.165) is 18.4 Å². The first-order valence-corrected chi connectivity index (χ1v) is 11.6. The average Bonchev–Trinajstić information content (AvgIpc) is 3.44. The van der Waals surface area contributed by atoms with E-state index < -0.39 is 17.4 Å². The first kappa shape index (κ1) is 20.2. The summed E-state index contributed by atoms with van der Waals surface area (Å²) in [5.41, 5.74) is 2.17. The molecule has 0 aromatic heterocycles. The highest BCUT2D eigenvalue weighted by atomic mass is 35.5. The molecular formula is C24H21Cl2N3O3. The molecule has 32 heavy (non-hydrogen) atoms. The van der Waals surface area contributed by atoms with Crippen LogP contribution in [0.15, 0.2) is 30.3 Å². The van der Waals surface area contributed by atoms with Crippen LogP contribution in [0.3, 0.4) is 0 Å². The van der Waals surface area contributed by atoms with Gasteiger partial charge in [-0.05, 0) is 68.6 Å². The maximum absolute atomic E-state index is 14.0. The zero-order chi connectivity index (χ0) is 22.5. The monoisotopic (exact) mass is 469 g/mol. The van der Waals surface area contributed by atoms with Crippen LogP contribution in [-0.4, -0.2) is 35.2 Å². The number of nitrogens with zero attached hydrogens (tertiary/aromatic N) is 2. The predicted octanol–water partition coefficient (Wildman–Crippen LogP) is 4.04. The summed E-state index contributed by atoms with van der Waals surface area (Å²) >= 11 is 12.7. The van der Waals surface area contributed by atoms with E-state index in [0.29, 0.717) is 39.1 Å². The minimum atomic E-state index is -1.23. The Balaban J connectivity index is 1.59. The molecule has 2 aromatic carbocycles. The Morgan fingerprint density at radius 3 is 2.66 bits per heavy atom. The van der Waals surface area contributed by atoms with Crippen LogP contribution in [0.5, 0.6) is 0 Å². The van der Waals surface area contributed by atoms with E-state index >= 15 is 0 Å². The number of hydrogen-bond acceptors (Lipinski definition) is 4. The number of nitrogens with one attached hydrogen (secondary N) is 1. The molecule has 0 bridgehead atoms. The number of carbonyl (C=O) groups is 3. The summed E-state index contributed by atoms with van der Waals surface area (Å²) in [5.74, 6) is -2.24. The lowest BCUT2D eigenvalue weighted by Crippen LogP contribution is -2.54. The number of imide groups is 1. The molecule has 164 valence electrons. The van der Waals surface area contributed by atoms with Crippen LogP contribution in [0.25, 0.3) is 0 Å². The molecule has 4 heterocycles. The molecule has 4 atom stereocenters. The lowest BCUT2D eigenvalue weighted by Gasteiger charge is -2.37. The lowest BCUT2D eigenvalue weighted by atomic mass is 9.75. The van der Waals surface area contributed by atoms with Gasteiger partial charge in [0.15, 0.2) is 0 Å². The van der Waals surface area contributed by atoms with Crippen LogP contribution in [0.4, 0.5) is 11.4 Å². The third-order valence-corrected chi connectivity index (χ3v) is 8.37. The van der Waals surface area contributed by atoms with E-state index in [1.165, 1.54) is 4.90 Å². The minimum Gasteiger partial charge on any atom is -0.324 e. The molecule has 1 N–H and O–H groups in total. The second-order valence-electron chi connectivity index (χ2n) is 9.17. The van der Waals surface area contributed by atoms with Gasteiger partial charge in [0.1, 0.15) is 5.54 Å². The van der Waals surface area contributed by atoms with Crippen molar-refractivity contribution in [3.63, 3.8) is 0 Å². The first-order chi connectivity index (χ1) is 15.3. The standard InChI is InChI=1S/C24H21Cl2N3O3/c1-11-9-13(25)10-14-20(11)27-23(32)24(14)19-18(17-7-4-8-28(17)24)21(30)29(22(19)31)16-6-3-5-15(26)12(16)2/h3,5-6,9-10,17-19H,4,7-8H2,1-2H3,(H,27,32)/t17-,18+,19-,24-/m0/s1. The Kier molecular flexibility index (Phi) is 4.15. The Morgan fingerprint density at radius 2 is 1.88 bits per heavy atom. The number of carbonyl (C=O) groups excluding carboxylic acids is 3. The van der Waals surface area contributed by atoms with E-state index in [-0.39, 0.29) is 23.8 Å². The highest BCUT2D eigenvalue weighted by Gasteiger charge is 2.74. The van der Waals surface area contributed by atoms with Gasteiger partial charge in [-0.1, -0.05) is 29.3 Å². The van der Waals surface area contributed by atoms with Crippen LogP contribution in [0, 0.1) is 25.7 Å². The molecule has 1 spiro atoms. The average molecular weight is 470 g/mol. The van der Waals surface area contributed by atoms with Crippen molar-refractivity contribution in [2.45, 2.75) is 38.3 Å². The summed E-state index contributed by atoms with van der Waals surface area (Å²) in [4.78, 5) is 44.9. The maximum Gasteiger partial charge on any atom is 0.250 e. The summed E-state index contributed by atoms with van der Waals surface area (Å²) in [7, 11) is 0. The van der Waals surface area contributed by atoms with Gasteiger partial charge in [-0.25, -0.2) is 4.90 Å². The van der Waals surface area contributed by atoms with Gasteiger partial charge in [-0.2, -0.15) is 0 Å². The summed E-state index contributed by atoms with van der Waals surface area (Å²) in [5, 5.41) is 4.02. The molecule has 3 saturated heterocycles. The van der Waals surface area contributed by atoms with E-state index in [1.807, 2.05) is 6.92 Å². The largest absolute Gasteiger partial charge is 0.324 e. The lowest BCUT2D eigenvalue weighted by molar-refractivity contribution is -0.135. The van der Waals surface area contributed by atoms with Crippen molar-refractivity contribution >= 4 is 52.3 Å². The van der Waals surface area contributed by atoms with Crippen molar-refractivity contribution in [2.24, 2.45) is 11.8 Å². The molecule has 0 radical (unpaired) electrons. The minimum absolute atomic E-state index is 0.170. The summed E-state index contributed by atoms with van der Waals surface area (Å²) in [6, 6.07) is 8.62. The van der Waals surface area contributed by atoms with Gasteiger partial charge in [-0.15, -0.1) is 0 Å². The van der Waals surface area contributed by atoms with Gasteiger partial charge in [0.05, 0.1) is 17.5 Å². The van der Waals surface area contributed by atoms with Crippen molar-refractivity contribution in [3.8, 4) is 0 Å². The van der Waals surface area contributed by atoms with Gasteiger partial charge < -0.3 is 5.32 Å². The van der Waals surface area contributed by atoms with Crippen molar-refractivity contribution in [1.29, 1.82) is 0 Å². The van der Waals surface area contributed by atoms with E-state index in [2.05, 4.69) is 10.2 Å². The molecular weight excluding hydrogens is 449 g/mol. The Bertz CT molecular complexity index is 1250. The second-order valence-corrected chi connectivity index (χ2v) is 10.0. The highest BCUT2D eigenvalue weighted by Crippen LogP contribution is 2.61. The number of amides is 3. The third-order valence-electron chi connectivity index (χ3n) is 7.74. The molecule has 2 aromatic rings. The van der Waals surface area contributed by atoms with Crippen molar-refractivity contribution in [1.82, 2.24) is 4.90 Å². The number of hydrogen-bond donors (Lipinski definition) is 1. The zero-order valence-corrected chi connectivity index (χ0v) is 19.1. The van der Waals surface area contributed by atoms with Crippen molar-refractivity contribution in [2.75, 3.05) is 16.8 Å². The Labute approximate surface area is 195 Å². The first-order valence-electron chi connectivity index (χ1n) is 10.8. The number of halogens is 2. The maximum atomic E-state index is 14.0. The van der Waals surface area contributed by atoms with E-state index in [1.54, 1.807) is 37.3 Å². The molecule has 6 rings (SSSR count). The number of benzene rings is 2. The zero-order valence-electron chi connectivity index (χ0n) is 17.6. The van der Waals surface area contributed by atoms with Crippen molar-refractivity contribution < 1.29 is 14.4 Å². The number of rotatable bonds is 1. The normalized spacial score (nSPS) is 30.8. The topological polar surface area (TPSA) is 69.7 Å². The fraction of sp³-hybridized carbons (Fsp3) is 0.375. The fourth-order valence-electron chi connectivity index (χ4n) is 6.51. The van der Waals surface area contributed by atoms with Crippen LogP contribution in [-0.2, 0) is 19.9 Å². The molecule has 3 fully saturated rings. The smallest absolute Gasteiger partial charge is 0.250 e. The van der Waals surface area contributed by atoms with Crippen LogP contribution in [0.2, 0.25) is 10.0 Å². The number of aryl methyl sites for hydroxylation is 1. The number of anilines is 2. The fourth-order valence-corrected chi connectivity index (χ4v) is 6.95. The molecule has 0 unspecified atom stereocenters. The Morgan fingerprint density at radius 1 is 1.09 bits per heavy atom. The molecule has 4 aliphatic heterocycles. The van der Waals surface area contributed by atoms with Crippen LogP contribution < -0.4 is 10.2 Å². The molecule has 0 aliphatic carbocycles. The highest BCUT2D eigenvalue weighted by molar-refractivity contribution is 6.33. The van der Waals surface area contributed by atoms with Crippen LogP contribution >= 0.6 is 23.2 Å². The van der Waals surface area contributed by atoms with Gasteiger partial charge in [0.25, 0.3) is 0 Å². The summed E-state index contributed by atoms with van der Waals surface area (Å²) in [6.45, 7) is 4.35. The molecule has 0 saturated carbocycles. The quantitative estimate of drug-likeness (QED) is 0.639. The van der Waals surface area contributed by atoms with Gasteiger partial charge in [-0.3, -0.25) is 19.3 Å². The van der Waals surface area contributed by atoms with Crippen molar-refractivity contribution in [3.05, 3.63) is 57.1 Å². The van der Waals surface area contributed by atoms with Gasteiger partial charge in [0.2, 0.25) is 17.7 Å². The van der Waals surface area contributed by atoms with Gasteiger partial charge >= 0.3 is 0 Å². The SMILES string of the molecule is Cc1cc(Cl)cc2c1NC(=O)[C@@]21[C@@H]2C(=O)N(c3cccc(Cl)c3C)C(=O)[C@@H]2[C@@H]2CCCN21. The molecule has 8 heteroatoms. The third kappa shape index (κ3) is 2.23. The van der Waals surface area contributed by atoms with Crippen LogP contribution in [0.1, 0.15) is 29.5 Å². The van der Waals surface area contributed by atoms with Gasteiger partial charge in [0, 0.05) is 27.3 Å². The molecule has 6 nitrogen and oxygen atoms in total. The predicted molar refractivity (Wildman–Crippen MR) is 122 cm³/mol. The Hall–Kier alpha value is -2.41. The van der Waals surface area contributed by atoms with E-state index in [4.69, 9.17) is 23.2 Å².